The van der Waals surface area contributed by atoms with Crippen molar-refractivity contribution < 1.29 is 24.3 Å². The van der Waals surface area contributed by atoms with Gasteiger partial charge in [-0.2, -0.15) is 0 Å². The lowest BCUT2D eigenvalue weighted by Gasteiger charge is -2.08. The maximum atomic E-state index is 10.9. The number of carbonyl (C=O) groups excluding carboxylic acids is 3. The van der Waals surface area contributed by atoms with Gasteiger partial charge in [0.1, 0.15) is 5.78 Å². The van der Waals surface area contributed by atoms with Crippen LogP contribution in [0, 0.1) is 5.92 Å². The van der Waals surface area contributed by atoms with Gasteiger partial charge in [-0.3, -0.25) is 14.4 Å². The van der Waals surface area contributed by atoms with Crippen LogP contribution >= 0.6 is 0 Å². The average Bonchev–Trinajstić information content (AvgIpc) is 2.76. The van der Waals surface area contributed by atoms with Crippen molar-refractivity contribution >= 4 is 23.3 Å². The van der Waals surface area contributed by atoms with E-state index in [9.17, 15) is 19.2 Å². The monoisotopic (exact) mass is 450 g/mol. The van der Waals surface area contributed by atoms with Gasteiger partial charge in [0.15, 0.2) is 5.78 Å². The molecule has 0 aliphatic rings. The maximum absolute atomic E-state index is 10.9. The van der Waals surface area contributed by atoms with E-state index in [2.05, 4.69) is 6.92 Å². The standard InChI is InChI=1S/C10H12O2.C8H14O2.C7H14O.C2H6/c1-2-9(10(11)12)8-6-4-3-5-7-8;1-4-5-6(2)8(10)7(3)9;1-3-4-5-6-7(2)8;1-2/h3-7,9H,2H2,1H3,(H,11,12);6H,4-5H2,1-3H3;3-6H2,1-2H3;1-2H3. The third-order valence-corrected chi connectivity index (χ3v) is 4.56. The second kappa shape index (κ2) is 23.4. The van der Waals surface area contributed by atoms with Gasteiger partial charge in [0.25, 0.3) is 0 Å². The zero-order chi connectivity index (χ0) is 25.5. The number of ketones is 3. The normalized spacial score (nSPS) is 11.1. The van der Waals surface area contributed by atoms with Crippen molar-refractivity contribution in [1.82, 2.24) is 0 Å². The highest BCUT2D eigenvalue weighted by Gasteiger charge is 2.16. The summed E-state index contributed by atoms with van der Waals surface area (Å²) in [5, 5.41) is 8.83. The van der Waals surface area contributed by atoms with Gasteiger partial charge in [-0.15, -0.1) is 0 Å². The molecule has 1 rings (SSSR count). The molecule has 32 heavy (non-hydrogen) atoms. The Labute approximate surface area is 196 Å². The fourth-order valence-electron chi connectivity index (χ4n) is 2.77. The topological polar surface area (TPSA) is 88.5 Å². The minimum Gasteiger partial charge on any atom is -0.481 e. The molecule has 0 heterocycles. The number of hydrogen-bond acceptors (Lipinski definition) is 4. The lowest BCUT2D eigenvalue weighted by molar-refractivity contribution is -0.138. The molecule has 0 saturated carbocycles. The van der Waals surface area contributed by atoms with Crippen molar-refractivity contribution in [2.75, 3.05) is 0 Å². The van der Waals surface area contributed by atoms with Crippen LogP contribution in [0.25, 0.3) is 0 Å². The van der Waals surface area contributed by atoms with E-state index in [0.29, 0.717) is 12.2 Å². The second-order valence-electron chi connectivity index (χ2n) is 7.48. The number of Topliss-reactive ketones (excluding diaryl/α,β-unsaturated/α-hetero) is 3. The zero-order valence-electron chi connectivity index (χ0n) is 21.6. The molecule has 0 fully saturated rings. The lowest BCUT2D eigenvalue weighted by Crippen LogP contribution is -2.18. The Morgan fingerprint density at radius 3 is 1.75 bits per heavy atom. The van der Waals surface area contributed by atoms with Gasteiger partial charge in [-0.1, -0.05) is 91.1 Å². The molecule has 0 aliphatic carbocycles. The molecular weight excluding hydrogens is 404 g/mol. The molecule has 2 unspecified atom stereocenters. The molecule has 0 aromatic heterocycles. The lowest BCUT2D eigenvalue weighted by atomic mass is 9.97. The third kappa shape index (κ3) is 19.7. The molecule has 0 amide bonds. The first-order valence-electron chi connectivity index (χ1n) is 11.9. The molecule has 1 aromatic carbocycles. The molecule has 0 radical (unpaired) electrons. The fourth-order valence-corrected chi connectivity index (χ4v) is 2.77. The van der Waals surface area contributed by atoms with Crippen LogP contribution in [0.2, 0.25) is 0 Å². The minimum atomic E-state index is -0.747. The van der Waals surface area contributed by atoms with Crippen molar-refractivity contribution in [3.8, 4) is 0 Å². The van der Waals surface area contributed by atoms with E-state index in [1.54, 1.807) is 13.8 Å². The van der Waals surface area contributed by atoms with Gasteiger partial charge in [0.2, 0.25) is 5.78 Å². The van der Waals surface area contributed by atoms with Gasteiger partial charge in [0.05, 0.1) is 5.92 Å². The van der Waals surface area contributed by atoms with E-state index in [1.165, 1.54) is 19.8 Å². The summed E-state index contributed by atoms with van der Waals surface area (Å²) in [5.41, 5.74) is 0.882. The molecule has 2 atom stereocenters. The molecule has 1 aromatic rings. The molecule has 0 bridgehead atoms. The van der Waals surface area contributed by atoms with Crippen molar-refractivity contribution in [3.63, 3.8) is 0 Å². The summed E-state index contributed by atoms with van der Waals surface area (Å²) in [5.74, 6) is -1.42. The van der Waals surface area contributed by atoms with E-state index in [1.807, 2.05) is 58.0 Å². The highest BCUT2D eigenvalue weighted by Crippen LogP contribution is 2.18. The summed E-state index contributed by atoms with van der Waals surface area (Å²) in [7, 11) is 0. The third-order valence-electron chi connectivity index (χ3n) is 4.56. The zero-order valence-corrected chi connectivity index (χ0v) is 21.6. The minimum absolute atomic E-state index is 0.0810. The number of carbonyl (C=O) groups is 4. The van der Waals surface area contributed by atoms with Gasteiger partial charge < -0.3 is 9.90 Å². The van der Waals surface area contributed by atoms with E-state index in [4.69, 9.17) is 5.11 Å². The fraction of sp³-hybridized carbons (Fsp3) is 0.630. The molecule has 0 aliphatic heterocycles. The highest BCUT2D eigenvalue weighted by molar-refractivity contribution is 6.36. The summed E-state index contributed by atoms with van der Waals surface area (Å²) in [4.78, 5) is 42.4. The molecule has 184 valence electrons. The van der Waals surface area contributed by atoms with E-state index in [-0.39, 0.29) is 23.4 Å². The van der Waals surface area contributed by atoms with Crippen molar-refractivity contribution in [1.29, 1.82) is 0 Å². The average molecular weight is 451 g/mol. The van der Waals surface area contributed by atoms with Crippen molar-refractivity contribution in [2.45, 2.75) is 106 Å². The van der Waals surface area contributed by atoms with Gasteiger partial charge >= 0.3 is 5.97 Å². The molecule has 0 spiro atoms. The molecular formula is C27H46O5. The summed E-state index contributed by atoms with van der Waals surface area (Å²) in [6.45, 7) is 14.8. The Morgan fingerprint density at radius 2 is 1.41 bits per heavy atom. The van der Waals surface area contributed by atoms with E-state index >= 15 is 0 Å². The van der Waals surface area contributed by atoms with Crippen molar-refractivity contribution in [2.24, 2.45) is 5.92 Å². The summed E-state index contributed by atoms with van der Waals surface area (Å²) in [6.07, 6.45) is 6.66. The van der Waals surface area contributed by atoms with Crippen LogP contribution in [0.3, 0.4) is 0 Å². The van der Waals surface area contributed by atoms with Gasteiger partial charge in [-0.05, 0) is 31.7 Å². The maximum Gasteiger partial charge on any atom is 0.310 e. The first-order chi connectivity index (χ1) is 15.1. The van der Waals surface area contributed by atoms with Gasteiger partial charge in [-0.25, -0.2) is 0 Å². The first-order valence-corrected chi connectivity index (χ1v) is 11.9. The molecule has 5 nitrogen and oxygen atoms in total. The Balaban J connectivity index is -0.000000387. The highest BCUT2D eigenvalue weighted by atomic mass is 16.4. The SMILES string of the molecule is CC.CCC(C(=O)O)c1ccccc1.CCCC(C)C(=O)C(C)=O.CCCCCC(C)=O. The number of aliphatic carboxylic acids is 1. The predicted octanol–water partition coefficient (Wildman–Crippen LogP) is 7.03. The van der Waals surface area contributed by atoms with Crippen LogP contribution in [0.4, 0.5) is 0 Å². The largest absolute Gasteiger partial charge is 0.481 e. The number of benzene rings is 1. The smallest absolute Gasteiger partial charge is 0.310 e. The summed E-state index contributed by atoms with van der Waals surface area (Å²) in [6, 6.07) is 9.31. The van der Waals surface area contributed by atoms with E-state index < -0.39 is 5.97 Å². The number of carboxylic acid groups (broad SMARTS) is 1. The number of rotatable bonds is 11. The quantitative estimate of drug-likeness (QED) is 0.289. The van der Waals surface area contributed by atoms with Crippen LogP contribution < -0.4 is 0 Å². The van der Waals surface area contributed by atoms with Crippen LogP contribution in [-0.4, -0.2) is 28.4 Å². The summed E-state index contributed by atoms with van der Waals surface area (Å²) >= 11 is 0. The number of hydrogen-bond donors (Lipinski definition) is 1. The second-order valence-corrected chi connectivity index (χ2v) is 7.48. The number of unbranched alkanes of at least 4 members (excludes halogenated alkanes) is 2. The van der Waals surface area contributed by atoms with Crippen LogP contribution in [0.15, 0.2) is 30.3 Å². The van der Waals surface area contributed by atoms with Crippen LogP contribution in [0.1, 0.15) is 112 Å². The predicted molar refractivity (Wildman–Crippen MR) is 133 cm³/mol. The Bertz CT molecular complexity index is 622. The van der Waals surface area contributed by atoms with E-state index in [0.717, 1.165) is 31.2 Å². The Morgan fingerprint density at radius 1 is 0.875 bits per heavy atom. The molecule has 0 saturated heterocycles. The first kappa shape index (κ1) is 34.3. The number of carboxylic acids is 1. The molecule has 1 N–H and O–H groups in total. The summed E-state index contributed by atoms with van der Waals surface area (Å²) < 4.78 is 0. The van der Waals surface area contributed by atoms with Crippen molar-refractivity contribution in [3.05, 3.63) is 35.9 Å². The van der Waals surface area contributed by atoms with Gasteiger partial charge in [0, 0.05) is 19.3 Å². The molecule has 5 heteroatoms. The van der Waals surface area contributed by atoms with Crippen LogP contribution in [-0.2, 0) is 19.2 Å². The Kier molecular flexibility index (Phi) is 25.1. The van der Waals surface area contributed by atoms with Crippen LogP contribution in [0.5, 0.6) is 0 Å². The Hall–Kier alpha value is -2.30.